The Hall–Kier alpha value is -4.09. The van der Waals surface area contributed by atoms with Gasteiger partial charge in [0, 0.05) is 12.6 Å². The van der Waals surface area contributed by atoms with Crippen molar-refractivity contribution in [2.75, 3.05) is 20.2 Å². The Labute approximate surface area is 230 Å². The predicted molar refractivity (Wildman–Crippen MR) is 156 cm³/mol. The fraction of sp³-hybridized carbons (Fsp3) is 0.265. The van der Waals surface area contributed by atoms with E-state index in [0.29, 0.717) is 29.4 Å². The number of Topliss-reactive ketones (excluding diaryl/α,β-unsaturated/α-hetero) is 1. The van der Waals surface area contributed by atoms with Gasteiger partial charge in [0.05, 0.1) is 12.2 Å². The van der Waals surface area contributed by atoms with Crippen LogP contribution < -0.4 is 9.47 Å². The van der Waals surface area contributed by atoms with Crippen LogP contribution in [0.25, 0.3) is 16.8 Å². The standard InChI is InChI=1S/C34H35NO4/c1-35(24-26-10-9-13-29(36)21-26)18-7-3-2-4-8-19-38-30-16-17-31-32(23-30)39-33(34(31)37)22-25-14-15-27-11-5-6-12-28(27)20-25/h5-6,9-17,20-23,36H,2-4,7-8,18-19,24H2,1H3/b33-22-. The van der Waals surface area contributed by atoms with Gasteiger partial charge < -0.3 is 19.5 Å². The van der Waals surface area contributed by atoms with Crippen LogP contribution in [-0.2, 0) is 6.54 Å². The van der Waals surface area contributed by atoms with Crippen LogP contribution in [0, 0.1) is 0 Å². The largest absolute Gasteiger partial charge is 0.508 e. The van der Waals surface area contributed by atoms with E-state index in [0.717, 1.165) is 60.0 Å². The van der Waals surface area contributed by atoms with Crippen LogP contribution in [0.15, 0.2) is 90.7 Å². The Morgan fingerprint density at radius 2 is 1.67 bits per heavy atom. The number of fused-ring (bicyclic) bond motifs is 2. The summed E-state index contributed by atoms with van der Waals surface area (Å²) in [7, 11) is 2.12. The second-order valence-electron chi connectivity index (χ2n) is 10.2. The van der Waals surface area contributed by atoms with Gasteiger partial charge >= 0.3 is 0 Å². The van der Waals surface area contributed by atoms with Gasteiger partial charge in [-0.1, -0.05) is 67.8 Å². The highest BCUT2D eigenvalue weighted by Gasteiger charge is 2.27. The molecule has 4 aromatic rings. The fourth-order valence-corrected chi connectivity index (χ4v) is 4.96. The van der Waals surface area contributed by atoms with E-state index >= 15 is 0 Å². The van der Waals surface area contributed by atoms with Crippen molar-refractivity contribution in [3.05, 3.63) is 107 Å². The van der Waals surface area contributed by atoms with Crippen LogP contribution in [0.1, 0.15) is 53.6 Å². The van der Waals surface area contributed by atoms with Gasteiger partial charge in [0.2, 0.25) is 5.78 Å². The number of phenolic OH excluding ortho intramolecular Hbond substituents is 1. The first-order valence-corrected chi connectivity index (χ1v) is 13.7. The third-order valence-corrected chi connectivity index (χ3v) is 7.03. The van der Waals surface area contributed by atoms with Gasteiger partial charge in [-0.25, -0.2) is 0 Å². The summed E-state index contributed by atoms with van der Waals surface area (Å²) in [5.41, 5.74) is 2.64. The van der Waals surface area contributed by atoms with E-state index in [4.69, 9.17) is 9.47 Å². The molecule has 0 saturated heterocycles. The minimum absolute atomic E-state index is 0.0998. The molecule has 1 heterocycles. The molecule has 5 heteroatoms. The summed E-state index contributed by atoms with van der Waals surface area (Å²) in [5.74, 6) is 1.84. The van der Waals surface area contributed by atoms with E-state index in [2.05, 4.69) is 36.2 Å². The molecule has 0 spiro atoms. The van der Waals surface area contributed by atoms with Gasteiger partial charge in [0.1, 0.15) is 17.2 Å². The molecule has 5 rings (SSSR count). The maximum atomic E-state index is 12.9. The number of allylic oxidation sites excluding steroid dienone is 1. The van der Waals surface area contributed by atoms with Gasteiger partial charge in [-0.2, -0.15) is 0 Å². The van der Waals surface area contributed by atoms with Crippen molar-refractivity contribution < 1.29 is 19.4 Å². The average molecular weight is 522 g/mol. The lowest BCUT2D eigenvalue weighted by molar-refractivity contribution is 0.101. The zero-order valence-corrected chi connectivity index (χ0v) is 22.4. The first-order valence-electron chi connectivity index (χ1n) is 13.7. The summed E-state index contributed by atoms with van der Waals surface area (Å²) in [6.45, 7) is 2.53. The SMILES string of the molecule is CN(CCCCCCCOc1ccc2c(c1)O/C(=C\c1ccc3ccccc3c1)C2=O)Cc1cccc(O)c1. The molecular weight excluding hydrogens is 486 g/mol. The molecule has 4 aromatic carbocycles. The number of carbonyl (C=O) groups is 1. The Kier molecular flexibility index (Phi) is 8.59. The number of hydrogen-bond donors (Lipinski definition) is 1. The average Bonchev–Trinajstić information content (AvgIpc) is 3.24. The minimum atomic E-state index is -0.0998. The topological polar surface area (TPSA) is 59.0 Å². The number of nitrogens with zero attached hydrogens (tertiary/aromatic N) is 1. The Bertz CT molecular complexity index is 1480. The number of hydrogen-bond acceptors (Lipinski definition) is 5. The molecule has 0 atom stereocenters. The van der Waals surface area contributed by atoms with E-state index in [1.807, 2.05) is 48.5 Å². The number of ketones is 1. The molecule has 1 aliphatic rings. The third kappa shape index (κ3) is 7.06. The first kappa shape index (κ1) is 26.5. The van der Waals surface area contributed by atoms with E-state index < -0.39 is 0 Å². The smallest absolute Gasteiger partial charge is 0.231 e. The molecule has 0 amide bonds. The molecule has 0 aromatic heterocycles. The number of rotatable bonds is 12. The van der Waals surface area contributed by atoms with Crippen molar-refractivity contribution in [2.45, 2.75) is 38.6 Å². The molecule has 0 unspecified atom stereocenters. The maximum absolute atomic E-state index is 12.9. The highest BCUT2D eigenvalue weighted by molar-refractivity contribution is 6.14. The lowest BCUT2D eigenvalue weighted by Crippen LogP contribution is -2.18. The zero-order valence-electron chi connectivity index (χ0n) is 22.4. The van der Waals surface area contributed by atoms with Crippen molar-refractivity contribution in [1.82, 2.24) is 4.90 Å². The van der Waals surface area contributed by atoms with Crippen molar-refractivity contribution in [1.29, 1.82) is 0 Å². The number of aromatic hydroxyl groups is 1. The number of benzene rings is 4. The number of phenols is 1. The summed E-state index contributed by atoms with van der Waals surface area (Å²) >= 11 is 0. The molecule has 1 aliphatic heterocycles. The minimum Gasteiger partial charge on any atom is -0.508 e. The van der Waals surface area contributed by atoms with E-state index in [1.165, 1.54) is 12.8 Å². The second kappa shape index (κ2) is 12.6. The molecule has 1 N–H and O–H groups in total. The Morgan fingerprint density at radius 1 is 0.846 bits per heavy atom. The lowest BCUT2D eigenvalue weighted by atomic mass is 10.1. The van der Waals surface area contributed by atoms with Crippen LogP contribution in [0.3, 0.4) is 0 Å². The Balaban J connectivity index is 1.02. The van der Waals surface area contributed by atoms with Crippen LogP contribution >= 0.6 is 0 Å². The van der Waals surface area contributed by atoms with Crippen molar-refractivity contribution >= 4 is 22.6 Å². The molecule has 39 heavy (non-hydrogen) atoms. The quantitative estimate of drug-likeness (QED) is 0.153. The highest BCUT2D eigenvalue weighted by atomic mass is 16.5. The van der Waals surface area contributed by atoms with Gasteiger partial charge in [-0.15, -0.1) is 0 Å². The Morgan fingerprint density at radius 3 is 2.54 bits per heavy atom. The summed E-state index contributed by atoms with van der Waals surface area (Å²) < 4.78 is 11.9. The molecule has 200 valence electrons. The van der Waals surface area contributed by atoms with Crippen LogP contribution in [0.2, 0.25) is 0 Å². The zero-order chi connectivity index (χ0) is 27.0. The molecule has 0 bridgehead atoms. The molecular formula is C34H35NO4. The predicted octanol–water partition coefficient (Wildman–Crippen LogP) is 7.62. The van der Waals surface area contributed by atoms with Crippen LogP contribution in [0.5, 0.6) is 17.2 Å². The van der Waals surface area contributed by atoms with Gasteiger partial charge in [-0.05, 0) is 84.7 Å². The number of ether oxygens (including phenoxy) is 2. The second-order valence-corrected chi connectivity index (χ2v) is 10.2. The first-order chi connectivity index (χ1) is 19.0. The highest BCUT2D eigenvalue weighted by Crippen LogP contribution is 2.35. The summed E-state index contributed by atoms with van der Waals surface area (Å²) in [4.78, 5) is 15.2. The fourth-order valence-electron chi connectivity index (χ4n) is 4.96. The normalized spacial score (nSPS) is 13.7. The van der Waals surface area contributed by atoms with Gasteiger partial charge in [0.25, 0.3) is 0 Å². The van der Waals surface area contributed by atoms with Crippen LogP contribution in [0.4, 0.5) is 0 Å². The molecule has 0 aliphatic carbocycles. The molecule has 0 saturated carbocycles. The number of unbranched alkanes of at least 4 members (excludes halogenated alkanes) is 4. The van der Waals surface area contributed by atoms with E-state index in [9.17, 15) is 9.90 Å². The van der Waals surface area contributed by atoms with E-state index in [-0.39, 0.29) is 5.78 Å². The molecule has 0 fully saturated rings. The summed E-state index contributed by atoms with van der Waals surface area (Å²) in [5, 5.41) is 11.9. The summed E-state index contributed by atoms with van der Waals surface area (Å²) in [6, 6.07) is 27.2. The number of carbonyl (C=O) groups excluding carboxylic acids is 1. The van der Waals surface area contributed by atoms with Crippen molar-refractivity contribution in [2.24, 2.45) is 0 Å². The van der Waals surface area contributed by atoms with Crippen molar-refractivity contribution in [3.8, 4) is 17.2 Å². The molecule has 0 radical (unpaired) electrons. The van der Waals surface area contributed by atoms with Crippen molar-refractivity contribution in [3.63, 3.8) is 0 Å². The van der Waals surface area contributed by atoms with Crippen LogP contribution in [-0.4, -0.2) is 36.0 Å². The summed E-state index contributed by atoms with van der Waals surface area (Å²) in [6.07, 6.45) is 7.43. The lowest BCUT2D eigenvalue weighted by Gasteiger charge is -2.16. The molecule has 5 nitrogen and oxygen atoms in total. The van der Waals surface area contributed by atoms with E-state index in [1.54, 1.807) is 18.2 Å². The maximum Gasteiger partial charge on any atom is 0.231 e. The van der Waals surface area contributed by atoms with Gasteiger partial charge in [0.15, 0.2) is 5.76 Å². The third-order valence-electron chi connectivity index (χ3n) is 7.03. The van der Waals surface area contributed by atoms with Gasteiger partial charge in [-0.3, -0.25) is 4.79 Å². The monoisotopic (exact) mass is 521 g/mol.